The number of likely N-dealkylation sites (tertiary alicyclic amines) is 1. The third kappa shape index (κ3) is 5.00. The Labute approximate surface area is 197 Å². The van der Waals surface area contributed by atoms with Gasteiger partial charge in [-0.2, -0.15) is 0 Å². The Morgan fingerprint density at radius 1 is 1.06 bits per heavy atom. The van der Waals surface area contributed by atoms with E-state index in [1.807, 2.05) is 0 Å². The van der Waals surface area contributed by atoms with Gasteiger partial charge in [-0.25, -0.2) is 15.0 Å². The van der Waals surface area contributed by atoms with Crippen LogP contribution in [0.3, 0.4) is 0 Å². The number of hydrogen-bond acceptors (Lipinski definition) is 6. The van der Waals surface area contributed by atoms with Crippen molar-refractivity contribution in [2.24, 2.45) is 17.8 Å². The molecule has 8 heteroatoms. The second-order valence-electron chi connectivity index (χ2n) is 10.6. The van der Waals surface area contributed by atoms with Gasteiger partial charge in [0.05, 0.1) is 0 Å². The van der Waals surface area contributed by atoms with Crippen LogP contribution >= 0.6 is 0 Å². The van der Waals surface area contributed by atoms with E-state index in [-0.39, 0.29) is 11.8 Å². The highest BCUT2D eigenvalue weighted by molar-refractivity contribution is 5.84. The summed E-state index contributed by atoms with van der Waals surface area (Å²) >= 11 is 0. The van der Waals surface area contributed by atoms with Crippen molar-refractivity contribution >= 4 is 22.9 Å². The summed E-state index contributed by atoms with van der Waals surface area (Å²) in [6.45, 7) is 11.4. The number of nitrogens with one attached hydrogen (secondary N) is 1. The lowest BCUT2D eigenvalue weighted by Gasteiger charge is -2.35. The van der Waals surface area contributed by atoms with E-state index in [2.05, 4.69) is 43.5 Å². The predicted molar refractivity (Wildman–Crippen MR) is 130 cm³/mol. The fraction of sp³-hybridized carbons (Fsp3) is 0.760. The molecule has 0 aliphatic carbocycles. The van der Waals surface area contributed by atoms with E-state index in [9.17, 15) is 4.79 Å². The first kappa shape index (κ1) is 22.6. The van der Waals surface area contributed by atoms with Crippen molar-refractivity contribution < 1.29 is 4.79 Å². The highest BCUT2D eigenvalue weighted by Crippen LogP contribution is 2.29. The molecule has 0 aromatic carbocycles. The van der Waals surface area contributed by atoms with Gasteiger partial charge in [-0.05, 0) is 43.9 Å². The molecule has 0 bridgehead atoms. The summed E-state index contributed by atoms with van der Waals surface area (Å²) in [5.74, 6) is 3.91. The number of carbonyl (C=O) groups is 1. The molecule has 0 unspecified atom stereocenters. The molecule has 2 aromatic heterocycles. The standard InChI is InChI=1S/C25H39N7O/c1-18-14-19(2)16-30(15-18)13-9-26-25(33)20-7-11-31(12-8-20)23-22-24(28-17-27-23)32-10-5-3-4-6-21(32)29-22/h17-20H,3-16H2,1-2H3,(H,26,33)/t18-,19-/m0/s1. The second-order valence-corrected chi connectivity index (χ2v) is 10.6. The maximum atomic E-state index is 12.8. The van der Waals surface area contributed by atoms with Crippen LogP contribution < -0.4 is 10.2 Å². The van der Waals surface area contributed by atoms with Gasteiger partial charge in [-0.1, -0.05) is 20.3 Å². The molecule has 3 aliphatic heterocycles. The molecular weight excluding hydrogens is 414 g/mol. The molecule has 2 aromatic rings. The number of carbonyl (C=O) groups excluding carboxylic acids is 1. The minimum absolute atomic E-state index is 0.0940. The van der Waals surface area contributed by atoms with Gasteiger partial charge < -0.3 is 19.7 Å². The van der Waals surface area contributed by atoms with Gasteiger partial charge in [0.1, 0.15) is 12.2 Å². The van der Waals surface area contributed by atoms with E-state index in [1.165, 1.54) is 25.7 Å². The van der Waals surface area contributed by atoms with E-state index >= 15 is 0 Å². The van der Waals surface area contributed by atoms with Crippen LogP contribution in [0.5, 0.6) is 0 Å². The van der Waals surface area contributed by atoms with Crippen molar-refractivity contribution in [3.05, 3.63) is 12.2 Å². The number of piperidine rings is 2. The van der Waals surface area contributed by atoms with Crippen molar-refractivity contribution in [1.29, 1.82) is 0 Å². The maximum Gasteiger partial charge on any atom is 0.223 e. The molecule has 0 radical (unpaired) electrons. The molecule has 33 heavy (non-hydrogen) atoms. The molecule has 1 amide bonds. The summed E-state index contributed by atoms with van der Waals surface area (Å²) in [5.41, 5.74) is 1.90. The molecular formula is C25H39N7O. The third-order valence-electron chi connectivity index (χ3n) is 7.71. The zero-order valence-electron chi connectivity index (χ0n) is 20.3. The van der Waals surface area contributed by atoms with Crippen LogP contribution in [0.2, 0.25) is 0 Å². The Bertz CT molecular complexity index is 955. The van der Waals surface area contributed by atoms with Crippen molar-refractivity contribution in [3.63, 3.8) is 0 Å². The summed E-state index contributed by atoms with van der Waals surface area (Å²) in [6, 6.07) is 0. The van der Waals surface area contributed by atoms with Crippen molar-refractivity contribution in [3.8, 4) is 0 Å². The molecule has 0 saturated carbocycles. The third-order valence-corrected chi connectivity index (χ3v) is 7.71. The molecule has 5 heterocycles. The average molecular weight is 454 g/mol. The zero-order chi connectivity index (χ0) is 22.8. The van der Waals surface area contributed by atoms with Gasteiger partial charge in [0.15, 0.2) is 17.0 Å². The van der Waals surface area contributed by atoms with E-state index in [0.29, 0.717) is 0 Å². The lowest BCUT2D eigenvalue weighted by molar-refractivity contribution is -0.125. The SMILES string of the molecule is C[C@H]1C[C@H](C)CN(CCNC(=O)C2CCN(c3ncnc4c3nc3n4CCCCC3)CC2)C1. The number of imidazole rings is 1. The van der Waals surface area contributed by atoms with Gasteiger partial charge in [-0.3, -0.25) is 4.79 Å². The number of anilines is 1. The van der Waals surface area contributed by atoms with E-state index in [0.717, 1.165) is 99.7 Å². The number of aryl methyl sites for hydroxylation is 2. The Hall–Kier alpha value is -2.22. The van der Waals surface area contributed by atoms with Crippen LogP contribution in [0.15, 0.2) is 6.33 Å². The fourth-order valence-electron chi connectivity index (χ4n) is 6.17. The summed E-state index contributed by atoms with van der Waals surface area (Å²) in [7, 11) is 0. The number of hydrogen-bond donors (Lipinski definition) is 1. The van der Waals surface area contributed by atoms with Crippen LogP contribution in [-0.2, 0) is 17.8 Å². The summed E-state index contributed by atoms with van der Waals surface area (Å²) in [6.07, 6.45) is 9.39. The Morgan fingerprint density at radius 2 is 1.85 bits per heavy atom. The molecule has 180 valence electrons. The number of nitrogens with zero attached hydrogens (tertiary/aromatic N) is 6. The Balaban J connectivity index is 1.15. The first-order chi connectivity index (χ1) is 16.1. The van der Waals surface area contributed by atoms with Gasteiger partial charge in [-0.15, -0.1) is 0 Å². The second kappa shape index (κ2) is 9.95. The molecule has 3 aliphatic rings. The quantitative estimate of drug-likeness (QED) is 0.750. The number of fused-ring (bicyclic) bond motifs is 3. The molecule has 1 N–H and O–H groups in total. The smallest absolute Gasteiger partial charge is 0.223 e. The van der Waals surface area contributed by atoms with Crippen molar-refractivity contribution in [2.45, 2.75) is 65.3 Å². The van der Waals surface area contributed by atoms with E-state index < -0.39 is 0 Å². The van der Waals surface area contributed by atoms with Gasteiger partial charge in [0.2, 0.25) is 5.91 Å². The summed E-state index contributed by atoms with van der Waals surface area (Å²) < 4.78 is 2.29. The molecule has 2 fully saturated rings. The molecule has 0 spiro atoms. The molecule has 2 saturated heterocycles. The number of rotatable bonds is 5. The predicted octanol–water partition coefficient (Wildman–Crippen LogP) is 2.86. The summed E-state index contributed by atoms with van der Waals surface area (Å²) in [4.78, 5) is 31.7. The van der Waals surface area contributed by atoms with Crippen LogP contribution in [0.4, 0.5) is 5.82 Å². The van der Waals surface area contributed by atoms with Gasteiger partial charge in [0.25, 0.3) is 0 Å². The van der Waals surface area contributed by atoms with Crippen molar-refractivity contribution in [2.75, 3.05) is 44.2 Å². The van der Waals surface area contributed by atoms with Crippen LogP contribution in [0.1, 0.15) is 58.2 Å². The topological polar surface area (TPSA) is 79.2 Å². The monoisotopic (exact) mass is 453 g/mol. The first-order valence-corrected chi connectivity index (χ1v) is 13.0. The molecule has 8 nitrogen and oxygen atoms in total. The molecule has 2 atom stereocenters. The molecule has 5 rings (SSSR count). The highest BCUT2D eigenvalue weighted by atomic mass is 16.1. The highest BCUT2D eigenvalue weighted by Gasteiger charge is 2.28. The lowest BCUT2D eigenvalue weighted by Crippen LogP contribution is -2.45. The van der Waals surface area contributed by atoms with E-state index in [1.54, 1.807) is 6.33 Å². The largest absolute Gasteiger partial charge is 0.355 e. The van der Waals surface area contributed by atoms with Gasteiger partial charge >= 0.3 is 0 Å². The zero-order valence-corrected chi connectivity index (χ0v) is 20.3. The van der Waals surface area contributed by atoms with Crippen molar-refractivity contribution in [1.82, 2.24) is 29.7 Å². The Kier molecular flexibility index (Phi) is 6.81. The summed E-state index contributed by atoms with van der Waals surface area (Å²) in [5, 5.41) is 3.21. The fourth-order valence-corrected chi connectivity index (χ4v) is 6.17. The number of aromatic nitrogens is 4. The van der Waals surface area contributed by atoms with Gasteiger partial charge in [0, 0.05) is 58.2 Å². The normalized spacial score (nSPS) is 25.1. The average Bonchev–Trinajstić information content (AvgIpc) is 2.99. The van der Waals surface area contributed by atoms with Crippen LogP contribution in [0.25, 0.3) is 11.2 Å². The van der Waals surface area contributed by atoms with Crippen LogP contribution in [0, 0.1) is 17.8 Å². The lowest BCUT2D eigenvalue weighted by atomic mass is 9.92. The first-order valence-electron chi connectivity index (χ1n) is 13.0. The minimum Gasteiger partial charge on any atom is -0.355 e. The number of amides is 1. The minimum atomic E-state index is 0.0940. The van der Waals surface area contributed by atoms with E-state index in [4.69, 9.17) is 4.98 Å². The van der Waals surface area contributed by atoms with Crippen LogP contribution in [-0.4, -0.2) is 69.6 Å². The maximum absolute atomic E-state index is 12.8. The Morgan fingerprint density at radius 3 is 2.64 bits per heavy atom.